The highest BCUT2D eigenvalue weighted by atomic mass is 35.5. The summed E-state index contributed by atoms with van der Waals surface area (Å²) < 4.78 is 0. The van der Waals surface area contributed by atoms with Crippen molar-refractivity contribution in [2.24, 2.45) is 0 Å². The Labute approximate surface area is 133 Å². The van der Waals surface area contributed by atoms with E-state index in [1.807, 2.05) is 49.4 Å². The Kier molecular flexibility index (Phi) is 3.91. The summed E-state index contributed by atoms with van der Waals surface area (Å²) in [6.45, 7) is 1.97. The number of hydrogen-bond donors (Lipinski definition) is 0. The zero-order valence-corrected chi connectivity index (χ0v) is 12.8. The van der Waals surface area contributed by atoms with Crippen LogP contribution in [0.2, 0.25) is 10.0 Å². The molecule has 0 aliphatic rings. The maximum atomic E-state index is 6.21. The summed E-state index contributed by atoms with van der Waals surface area (Å²) in [5.74, 6) is 0. The molecule has 0 saturated heterocycles. The molecule has 3 rings (SSSR count). The highest BCUT2D eigenvalue weighted by Gasteiger charge is 2.10. The third kappa shape index (κ3) is 2.92. The largest absolute Gasteiger partial charge is 0.233 e. The predicted octanol–water partition coefficient (Wildman–Crippen LogP) is 5.23. The normalized spacial score (nSPS) is 10.6. The first kappa shape index (κ1) is 14.1. The van der Waals surface area contributed by atoms with E-state index in [2.05, 4.69) is 16.3 Å². The van der Waals surface area contributed by atoms with Crippen LogP contribution in [0, 0.1) is 13.3 Å². The Balaban J connectivity index is 2.15. The Morgan fingerprint density at radius 1 is 0.952 bits per heavy atom. The molecule has 1 radical (unpaired) electrons. The number of benzene rings is 2. The SMILES string of the molecule is Cc1ccc(-c2n[c]ncc2-c2ccc(Cl)cc2)cc1Cl. The van der Waals surface area contributed by atoms with Gasteiger partial charge in [-0.1, -0.05) is 47.5 Å². The van der Waals surface area contributed by atoms with Gasteiger partial charge in [-0.15, -0.1) is 0 Å². The van der Waals surface area contributed by atoms with E-state index < -0.39 is 0 Å². The molecule has 1 aromatic heterocycles. The van der Waals surface area contributed by atoms with Gasteiger partial charge >= 0.3 is 0 Å². The molecule has 0 aliphatic heterocycles. The summed E-state index contributed by atoms with van der Waals surface area (Å²) in [6.07, 6.45) is 4.40. The highest BCUT2D eigenvalue weighted by Crippen LogP contribution is 2.32. The van der Waals surface area contributed by atoms with Gasteiger partial charge in [-0.2, -0.15) is 0 Å². The second kappa shape index (κ2) is 5.84. The highest BCUT2D eigenvalue weighted by molar-refractivity contribution is 6.31. The molecule has 0 N–H and O–H groups in total. The molecular formula is C17H11Cl2N2. The number of aryl methyl sites for hydroxylation is 1. The van der Waals surface area contributed by atoms with Crippen molar-refractivity contribution in [1.82, 2.24) is 9.97 Å². The van der Waals surface area contributed by atoms with Gasteiger partial charge in [0, 0.05) is 27.4 Å². The van der Waals surface area contributed by atoms with Gasteiger partial charge in [-0.05, 0) is 36.2 Å². The molecule has 0 atom stereocenters. The average molecular weight is 314 g/mol. The molecule has 103 valence electrons. The fourth-order valence-electron chi connectivity index (χ4n) is 2.09. The summed E-state index contributed by atoms with van der Waals surface area (Å²) in [5.41, 5.74) is 4.69. The van der Waals surface area contributed by atoms with Gasteiger partial charge in [0.2, 0.25) is 0 Å². The van der Waals surface area contributed by atoms with Gasteiger partial charge in [0.05, 0.1) is 5.69 Å². The molecule has 0 saturated carbocycles. The Morgan fingerprint density at radius 2 is 1.67 bits per heavy atom. The van der Waals surface area contributed by atoms with Gasteiger partial charge in [0.25, 0.3) is 0 Å². The third-order valence-corrected chi connectivity index (χ3v) is 3.93. The van der Waals surface area contributed by atoms with Gasteiger partial charge < -0.3 is 0 Å². The van der Waals surface area contributed by atoms with Crippen molar-refractivity contribution >= 4 is 23.2 Å². The molecular weight excluding hydrogens is 303 g/mol. The lowest BCUT2D eigenvalue weighted by Gasteiger charge is -2.09. The Hall–Kier alpha value is -1.90. The van der Waals surface area contributed by atoms with Crippen molar-refractivity contribution in [1.29, 1.82) is 0 Å². The van der Waals surface area contributed by atoms with Gasteiger partial charge in [0.15, 0.2) is 6.33 Å². The molecule has 0 fully saturated rings. The first-order valence-corrected chi connectivity index (χ1v) is 7.16. The molecule has 21 heavy (non-hydrogen) atoms. The van der Waals surface area contributed by atoms with Crippen molar-refractivity contribution in [2.45, 2.75) is 6.92 Å². The van der Waals surface area contributed by atoms with Crippen molar-refractivity contribution in [3.8, 4) is 22.4 Å². The van der Waals surface area contributed by atoms with Crippen LogP contribution in [0.5, 0.6) is 0 Å². The van der Waals surface area contributed by atoms with Gasteiger partial charge in [0.1, 0.15) is 0 Å². The molecule has 3 aromatic rings. The molecule has 2 nitrogen and oxygen atoms in total. The van der Waals surface area contributed by atoms with Gasteiger partial charge in [-0.25, -0.2) is 9.97 Å². The van der Waals surface area contributed by atoms with Crippen molar-refractivity contribution < 1.29 is 0 Å². The number of aromatic nitrogens is 2. The summed E-state index contributed by atoms with van der Waals surface area (Å²) >= 11 is 12.2. The summed E-state index contributed by atoms with van der Waals surface area (Å²) in [5, 5.41) is 1.41. The van der Waals surface area contributed by atoms with Crippen LogP contribution in [-0.2, 0) is 0 Å². The van der Waals surface area contributed by atoms with Crippen LogP contribution in [0.25, 0.3) is 22.4 Å². The van der Waals surface area contributed by atoms with Crippen molar-refractivity contribution in [3.63, 3.8) is 0 Å². The Bertz CT molecular complexity index is 783. The smallest absolute Gasteiger partial charge is 0.198 e. The lowest BCUT2D eigenvalue weighted by Crippen LogP contribution is -1.91. The van der Waals surface area contributed by atoms with Crippen LogP contribution >= 0.6 is 23.2 Å². The molecule has 2 aromatic carbocycles. The summed E-state index contributed by atoms with van der Waals surface area (Å²) in [7, 11) is 0. The molecule has 4 heteroatoms. The maximum absolute atomic E-state index is 6.21. The second-order valence-corrected chi connectivity index (χ2v) is 5.55. The van der Waals surface area contributed by atoms with E-state index in [1.54, 1.807) is 6.20 Å². The fourth-order valence-corrected chi connectivity index (χ4v) is 2.40. The Morgan fingerprint density at radius 3 is 2.38 bits per heavy atom. The summed E-state index contributed by atoms with van der Waals surface area (Å²) in [6, 6.07) is 13.5. The molecule has 0 bridgehead atoms. The van der Waals surface area contributed by atoms with Crippen LogP contribution in [0.15, 0.2) is 48.7 Å². The number of hydrogen-bond acceptors (Lipinski definition) is 2. The van der Waals surface area contributed by atoms with Crippen molar-refractivity contribution in [3.05, 3.63) is 70.6 Å². The molecule has 0 aliphatic carbocycles. The first-order valence-electron chi connectivity index (χ1n) is 6.41. The number of rotatable bonds is 2. The first-order chi connectivity index (χ1) is 10.1. The minimum Gasteiger partial charge on any atom is -0.233 e. The van der Waals surface area contributed by atoms with Gasteiger partial charge in [-0.3, -0.25) is 0 Å². The standard InChI is InChI=1S/C17H11Cl2N2/c1-11-2-3-13(8-16(11)19)17-15(9-20-10-21-17)12-4-6-14(18)7-5-12/h2-9H,1H3. The lowest BCUT2D eigenvalue weighted by atomic mass is 10.0. The van der Waals surface area contributed by atoms with Crippen LogP contribution in [0.1, 0.15) is 5.56 Å². The van der Waals surface area contributed by atoms with E-state index in [-0.39, 0.29) is 0 Å². The molecule has 0 spiro atoms. The lowest BCUT2D eigenvalue weighted by molar-refractivity contribution is 1.15. The van der Waals surface area contributed by atoms with E-state index in [1.165, 1.54) is 0 Å². The van der Waals surface area contributed by atoms with Crippen LogP contribution < -0.4 is 0 Å². The molecule has 0 unspecified atom stereocenters. The second-order valence-electron chi connectivity index (χ2n) is 4.70. The van der Waals surface area contributed by atoms with E-state index in [9.17, 15) is 0 Å². The zero-order valence-electron chi connectivity index (χ0n) is 11.3. The van der Waals surface area contributed by atoms with Crippen LogP contribution in [0.3, 0.4) is 0 Å². The van der Waals surface area contributed by atoms with E-state index in [4.69, 9.17) is 23.2 Å². The van der Waals surface area contributed by atoms with E-state index in [0.717, 1.165) is 27.9 Å². The third-order valence-electron chi connectivity index (χ3n) is 3.27. The number of nitrogens with zero attached hydrogens (tertiary/aromatic N) is 2. The van der Waals surface area contributed by atoms with Crippen LogP contribution in [0.4, 0.5) is 0 Å². The predicted molar refractivity (Wildman–Crippen MR) is 86.5 cm³/mol. The molecule has 1 heterocycles. The summed E-state index contributed by atoms with van der Waals surface area (Å²) in [4.78, 5) is 8.30. The van der Waals surface area contributed by atoms with Crippen molar-refractivity contribution in [2.75, 3.05) is 0 Å². The fraction of sp³-hybridized carbons (Fsp3) is 0.0588. The minimum atomic E-state index is 0.696. The minimum absolute atomic E-state index is 0.696. The number of halogens is 2. The average Bonchev–Trinajstić information content (AvgIpc) is 2.51. The van der Waals surface area contributed by atoms with E-state index >= 15 is 0 Å². The van der Waals surface area contributed by atoms with E-state index in [0.29, 0.717) is 10.0 Å². The van der Waals surface area contributed by atoms with Crippen LogP contribution in [-0.4, -0.2) is 9.97 Å². The topological polar surface area (TPSA) is 25.8 Å². The molecule has 0 amide bonds. The maximum Gasteiger partial charge on any atom is 0.198 e. The zero-order chi connectivity index (χ0) is 14.8. The quantitative estimate of drug-likeness (QED) is 0.647. The monoisotopic (exact) mass is 313 g/mol.